The summed E-state index contributed by atoms with van der Waals surface area (Å²) in [5.41, 5.74) is 2.71. The van der Waals surface area contributed by atoms with Gasteiger partial charge in [-0.1, -0.05) is 13.8 Å². The Kier molecular flexibility index (Phi) is 6.14. The predicted molar refractivity (Wildman–Crippen MR) is 139 cm³/mol. The summed E-state index contributed by atoms with van der Waals surface area (Å²) in [5, 5.41) is 17.8. The van der Waals surface area contributed by atoms with Crippen LogP contribution in [0.15, 0.2) is 30.5 Å². The molecule has 1 fully saturated rings. The van der Waals surface area contributed by atoms with E-state index in [1.807, 2.05) is 10.6 Å². The first-order chi connectivity index (χ1) is 17.5. The maximum absolute atomic E-state index is 16.4. The van der Waals surface area contributed by atoms with Crippen LogP contribution in [-0.4, -0.2) is 39.6 Å². The van der Waals surface area contributed by atoms with Crippen LogP contribution in [0.2, 0.25) is 0 Å². The highest BCUT2D eigenvalue weighted by Crippen LogP contribution is 2.50. The largest absolute Gasteiger partial charge is 0.481 e. The Bertz CT molecular complexity index is 1510. The minimum atomic E-state index is -0.791. The average molecular weight is 510 g/mol. The molecule has 0 spiro atoms. The lowest BCUT2D eigenvalue weighted by molar-refractivity contribution is -0.149. The lowest BCUT2D eigenvalue weighted by Gasteiger charge is -2.36. The first kappa shape index (κ1) is 25.4. The molecule has 196 valence electrons. The fourth-order valence-electron chi connectivity index (χ4n) is 6.12. The Hall–Kier alpha value is -3.26. The van der Waals surface area contributed by atoms with Gasteiger partial charge >= 0.3 is 5.97 Å². The van der Waals surface area contributed by atoms with Crippen LogP contribution in [0.3, 0.4) is 0 Å². The van der Waals surface area contributed by atoms with Crippen LogP contribution >= 0.6 is 0 Å². The van der Waals surface area contributed by atoms with E-state index in [4.69, 9.17) is 4.74 Å². The molecule has 6 nitrogen and oxygen atoms in total. The Morgan fingerprint density at radius 2 is 1.97 bits per heavy atom. The summed E-state index contributed by atoms with van der Waals surface area (Å²) in [5.74, 6) is -1.51. The maximum atomic E-state index is 16.4. The Labute approximate surface area is 214 Å². The lowest BCUT2D eigenvalue weighted by atomic mass is 9.68. The van der Waals surface area contributed by atoms with E-state index in [9.17, 15) is 14.3 Å². The summed E-state index contributed by atoms with van der Waals surface area (Å²) in [6.45, 7) is 8.03. The van der Waals surface area contributed by atoms with Gasteiger partial charge in [-0.15, -0.1) is 0 Å². The van der Waals surface area contributed by atoms with Gasteiger partial charge in [0, 0.05) is 34.7 Å². The van der Waals surface area contributed by atoms with Crippen molar-refractivity contribution in [3.05, 3.63) is 58.9 Å². The van der Waals surface area contributed by atoms with Gasteiger partial charge in [0.1, 0.15) is 11.3 Å². The Balaban J connectivity index is 1.87. The molecule has 0 unspecified atom stereocenters. The molecule has 4 aromatic rings. The molecule has 0 radical (unpaired) electrons. The van der Waals surface area contributed by atoms with Gasteiger partial charge < -0.3 is 14.4 Å². The van der Waals surface area contributed by atoms with Crippen LogP contribution in [-0.2, 0) is 14.9 Å². The molecule has 1 aliphatic rings. The summed E-state index contributed by atoms with van der Waals surface area (Å²) in [4.78, 5) is 11.9. The fraction of sp³-hybridized carbons (Fsp3) is 0.448. The number of benzene rings is 2. The number of carboxylic acids is 1. The molecule has 0 bridgehead atoms. The third-order valence-corrected chi connectivity index (χ3v) is 8.20. The van der Waals surface area contributed by atoms with Crippen LogP contribution in [0.25, 0.3) is 27.5 Å². The molecule has 2 aromatic heterocycles. The summed E-state index contributed by atoms with van der Waals surface area (Å²) in [6.07, 6.45) is 3.87. The van der Waals surface area contributed by atoms with Gasteiger partial charge in [-0.05, 0) is 80.8 Å². The van der Waals surface area contributed by atoms with E-state index in [1.165, 1.54) is 6.07 Å². The lowest BCUT2D eigenvalue weighted by Crippen LogP contribution is -2.33. The van der Waals surface area contributed by atoms with Gasteiger partial charge in [-0.2, -0.15) is 5.10 Å². The van der Waals surface area contributed by atoms with Gasteiger partial charge in [-0.3, -0.25) is 9.89 Å². The number of aromatic amines is 1. The fourth-order valence-corrected chi connectivity index (χ4v) is 6.12. The second kappa shape index (κ2) is 8.94. The number of ether oxygens (including phenoxy) is 1. The molecule has 0 atom stereocenters. The van der Waals surface area contributed by atoms with Gasteiger partial charge in [0.05, 0.1) is 23.7 Å². The van der Waals surface area contributed by atoms with E-state index in [0.717, 1.165) is 16.9 Å². The highest BCUT2D eigenvalue weighted by molar-refractivity contribution is 6.00. The van der Waals surface area contributed by atoms with Crippen LogP contribution in [0.5, 0.6) is 0 Å². The van der Waals surface area contributed by atoms with Crippen molar-refractivity contribution >= 4 is 27.8 Å². The van der Waals surface area contributed by atoms with Crippen LogP contribution < -0.4 is 0 Å². The monoisotopic (exact) mass is 509 g/mol. The second-order valence-electron chi connectivity index (χ2n) is 11.4. The number of carbonyl (C=O) groups is 1. The quantitative estimate of drug-likeness (QED) is 0.301. The van der Waals surface area contributed by atoms with Crippen molar-refractivity contribution in [2.24, 2.45) is 5.41 Å². The van der Waals surface area contributed by atoms with Crippen molar-refractivity contribution in [3.8, 4) is 5.69 Å². The van der Waals surface area contributed by atoms with E-state index in [0.29, 0.717) is 59.7 Å². The Morgan fingerprint density at radius 3 is 2.59 bits per heavy atom. The highest BCUT2D eigenvalue weighted by atomic mass is 19.1. The predicted octanol–water partition coefficient (Wildman–Crippen LogP) is 6.77. The third-order valence-electron chi connectivity index (χ3n) is 8.20. The molecule has 0 saturated heterocycles. The first-order valence-electron chi connectivity index (χ1n) is 12.7. The number of aryl methyl sites for hydroxylation is 1. The van der Waals surface area contributed by atoms with Gasteiger partial charge in [0.15, 0.2) is 5.82 Å². The SMILES string of the molecule is COCC(C)(C)c1c([C@H]2CC[C@](C)(C(=O)O)CC2)c2c(F)c3[nH]ncc3cc2n1-c1ccc(F)c(C)c1. The molecule has 0 amide bonds. The molecule has 2 heterocycles. The van der Waals surface area contributed by atoms with E-state index >= 15 is 4.39 Å². The summed E-state index contributed by atoms with van der Waals surface area (Å²) < 4.78 is 38.3. The number of aromatic nitrogens is 3. The highest BCUT2D eigenvalue weighted by Gasteiger charge is 2.42. The number of nitrogens with zero attached hydrogens (tertiary/aromatic N) is 2. The van der Waals surface area contributed by atoms with Crippen LogP contribution in [0.4, 0.5) is 8.78 Å². The van der Waals surface area contributed by atoms with Gasteiger partial charge in [0.2, 0.25) is 0 Å². The van der Waals surface area contributed by atoms with Crippen molar-refractivity contribution in [3.63, 3.8) is 0 Å². The molecule has 5 rings (SSSR count). The molecular weight excluding hydrogens is 476 g/mol. The smallest absolute Gasteiger partial charge is 0.309 e. The Morgan fingerprint density at radius 1 is 1.27 bits per heavy atom. The summed E-state index contributed by atoms with van der Waals surface area (Å²) in [7, 11) is 1.64. The summed E-state index contributed by atoms with van der Waals surface area (Å²) in [6, 6.07) is 6.87. The first-order valence-corrected chi connectivity index (χ1v) is 12.7. The minimum absolute atomic E-state index is 0.0428. The number of hydrogen-bond acceptors (Lipinski definition) is 3. The van der Waals surface area contributed by atoms with Gasteiger partial charge in [-0.25, -0.2) is 8.78 Å². The summed E-state index contributed by atoms with van der Waals surface area (Å²) >= 11 is 0. The van der Waals surface area contributed by atoms with E-state index in [-0.39, 0.29) is 17.6 Å². The molecule has 2 N–H and O–H groups in total. The maximum Gasteiger partial charge on any atom is 0.309 e. The molecule has 0 aliphatic heterocycles. The number of aliphatic carboxylic acids is 1. The standard InChI is InChI=1S/C29H33F2N3O3/c1-16-12-19(6-7-20(16)30)34-21-13-18-14-32-33-25(18)24(31)23(21)22(26(34)28(2,3)15-37-5)17-8-10-29(4,11-9-17)27(35)36/h6-7,12-14,17H,8-11,15H2,1-5H3,(H,32,33)(H,35,36)/t17-,29-. The molecular formula is C29H33F2N3O3. The zero-order chi connectivity index (χ0) is 26.7. The van der Waals surface area contributed by atoms with E-state index < -0.39 is 16.8 Å². The second-order valence-corrected chi connectivity index (χ2v) is 11.4. The molecule has 8 heteroatoms. The van der Waals surface area contributed by atoms with Crippen molar-refractivity contribution in [1.29, 1.82) is 0 Å². The van der Waals surface area contributed by atoms with Crippen LogP contribution in [0.1, 0.15) is 69.2 Å². The van der Waals surface area contributed by atoms with Crippen molar-refractivity contribution in [2.75, 3.05) is 13.7 Å². The van der Waals surface area contributed by atoms with Crippen molar-refractivity contribution < 1.29 is 23.4 Å². The number of H-pyrrole nitrogens is 1. The zero-order valence-corrected chi connectivity index (χ0v) is 21.9. The molecule has 37 heavy (non-hydrogen) atoms. The van der Waals surface area contributed by atoms with E-state index in [2.05, 4.69) is 24.0 Å². The number of carboxylic acid groups (broad SMARTS) is 1. The third kappa shape index (κ3) is 4.02. The normalized spacial score (nSPS) is 20.7. The number of nitrogens with one attached hydrogen (secondary N) is 1. The van der Waals surface area contributed by atoms with Gasteiger partial charge in [0.25, 0.3) is 0 Å². The average Bonchev–Trinajstić information content (AvgIpc) is 3.45. The molecule has 2 aromatic carbocycles. The van der Waals surface area contributed by atoms with E-state index in [1.54, 1.807) is 39.3 Å². The molecule has 1 saturated carbocycles. The van der Waals surface area contributed by atoms with Crippen LogP contribution in [0, 0.1) is 24.0 Å². The number of rotatable bonds is 6. The zero-order valence-electron chi connectivity index (χ0n) is 21.9. The number of methoxy groups -OCH3 is 1. The number of hydrogen-bond donors (Lipinski definition) is 2. The topological polar surface area (TPSA) is 80.1 Å². The van der Waals surface area contributed by atoms with Crippen molar-refractivity contribution in [1.82, 2.24) is 14.8 Å². The minimum Gasteiger partial charge on any atom is -0.481 e. The number of fused-ring (bicyclic) bond motifs is 2. The van der Waals surface area contributed by atoms with Crippen molar-refractivity contribution in [2.45, 2.75) is 64.7 Å². The molecule has 1 aliphatic carbocycles. The number of halogens is 2.